The molecule has 0 amide bonds. The molecule has 6 nitrogen and oxygen atoms in total. The Morgan fingerprint density at radius 1 is 1.14 bits per heavy atom. The Hall–Kier alpha value is -3.38. The van der Waals surface area contributed by atoms with Gasteiger partial charge in [0.25, 0.3) is 0 Å². The van der Waals surface area contributed by atoms with Crippen molar-refractivity contribution in [3.8, 4) is 5.69 Å². The number of hydrogen-bond donors (Lipinski definition) is 0. The van der Waals surface area contributed by atoms with Gasteiger partial charge in [0.15, 0.2) is 5.43 Å². The number of ether oxygens (including phenoxy) is 1. The van der Waals surface area contributed by atoms with Crippen molar-refractivity contribution in [1.29, 1.82) is 0 Å². The third-order valence-corrected chi connectivity index (χ3v) is 4.69. The average Bonchev–Trinajstić information content (AvgIpc) is 3.00. The minimum atomic E-state index is -0.745. The Labute approximate surface area is 164 Å². The summed E-state index contributed by atoms with van der Waals surface area (Å²) in [5.74, 6) is -0.904. The molecule has 2 aromatic carbocycles. The molecule has 0 unspecified atom stereocenters. The van der Waals surface area contributed by atoms with Gasteiger partial charge in [-0.15, -0.1) is 0 Å². The predicted octanol–water partition coefficient (Wildman–Crippen LogP) is 4.30. The summed E-state index contributed by atoms with van der Waals surface area (Å²) in [5.41, 5.74) is 2.05. The molecule has 0 aliphatic rings. The predicted molar refractivity (Wildman–Crippen MR) is 105 cm³/mol. The standard InChI is InChI=1S/C21H15ClN2O4/c1-13-16(20(22)24(23-13)14-7-3-2-4-8-14)12-27-21(26)19-11-17(25)15-9-5-6-10-18(15)28-19/h2-11H,12H2,1H3. The normalized spacial score (nSPS) is 10.9. The van der Waals surface area contributed by atoms with Crippen LogP contribution in [0, 0.1) is 6.92 Å². The molecule has 0 aliphatic heterocycles. The van der Waals surface area contributed by atoms with Crippen molar-refractivity contribution in [2.45, 2.75) is 13.5 Å². The van der Waals surface area contributed by atoms with E-state index in [0.717, 1.165) is 11.8 Å². The lowest BCUT2D eigenvalue weighted by Crippen LogP contribution is -2.10. The Morgan fingerprint density at radius 2 is 1.86 bits per heavy atom. The number of halogens is 1. The highest BCUT2D eigenvalue weighted by atomic mass is 35.5. The van der Waals surface area contributed by atoms with E-state index in [2.05, 4.69) is 5.10 Å². The van der Waals surface area contributed by atoms with Crippen molar-refractivity contribution in [1.82, 2.24) is 9.78 Å². The first-order valence-corrected chi connectivity index (χ1v) is 8.92. The lowest BCUT2D eigenvalue weighted by molar-refractivity contribution is 0.0436. The molecule has 2 aromatic heterocycles. The van der Waals surface area contributed by atoms with Crippen LogP contribution in [0.5, 0.6) is 0 Å². The number of nitrogens with zero attached hydrogens (tertiary/aromatic N) is 2. The van der Waals surface area contributed by atoms with E-state index in [0.29, 0.717) is 27.4 Å². The van der Waals surface area contributed by atoms with E-state index in [1.807, 2.05) is 30.3 Å². The summed E-state index contributed by atoms with van der Waals surface area (Å²) in [4.78, 5) is 24.5. The van der Waals surface area contributed by atoms with Crippen molar-refractivity contribution < 1.29 is 13.9 Å². The van der Waals surface area contributed by atoms with Gasteiger partial charge < -0.3 is 9.15 Å². The van der Waals surface area contributed by atoms with E-state index in [-0.39, 0.29) is 17.8 Å². The first-order valence-electron chi connectivity index (χ1n) is 8.54. The highest BCUT2D eigenvalue weighted by Gasteiger charge is 2.19. The van der Waals surface area contributed by atoms with Crippen LogP contribution in [0.3, 0.4) is 0 Å². The molecular formula is C21H15ClN2O4. The zero-order valence-electron chi connectivity index (χ0n) is 14.9. The molecule has 7 heteroatoms. The lowest BCUT2D eigenvalue weighted by atomic mass is 10.2. The minimum Gasteiger partial charge on any atom is -0.455 e. The maximum atomic E-state index is 12.4. The zero-order chi connectivity index (χ0) is 19.7. The quantitative estimate of drug-likeness (QED) is 0.482. The molecule has 28 heavy (non-hydrogen) atoms. The van der Waals surface area contributed by atoms with Gasteiger partial charge in [0, 0.05) is 11.6 Å². The molecule has 0 fully saturated rings. The summed E-state index contributed by atoms with van der Waals surface area (Å²) >= 11 is 6.43. The van der Waals surface area contributed by atoms with Crippen molar-refractivity contribution in [2.75, 3.05) is 0 Å². The number of fused-ring (bicyclic) bond motifs is 1. The number of carbonyl (C=O) groups excluding carboxylic acids is 1. The molecule has 4 aromatic rings. The Morgan fingerprint density at radius 3 is 2.64 bits per heavy atom. The number of rotatable bonds is 4. The van der Waals surface area contributed by atoms with Crippen LogP contribution in [0.2, 0.25) is 5.15 Å². The summed E-state index contributed by atoms with van der Waals surface area (Å²) in [6.07, 6.45) is 0. The number of aryl methyl sites for hydroxylation is 1. The van der Waals surface area contributed by atoms with E-state index >= 15 is 0 Å². The van der Waals surface area contributed by atoms with E-state index in [1.54, 1.807) is 35.9 Å². The Bertz CT molecular complexity index is 1230. The largest absolute Gasteiger partial charge is 0.455 e. The molecule has 0 atom stereocenters. The second-order valence-corrected chi connectivity index (χ2v) is 6.51. The van der Waals surface area contributed by atoms with Crippen molar-refractivity contribution in [3.63, 3.8) is 0 Å². The summed E-state index contributed by atoms with van der Waals surface area (Å²) < 4.78 is 12.4. The third-order valence-electron chi connectivity index (χ3n) is 4.31. The molecule has 0 aliphatic carbocycles. The van der Waals surface area contributed by atoms with Crippen LogP contribution in [0.25, 0.3) is 16.7 Å². The van der Waals surface area contributed by atoms with E-state index in [9.17, 15) is 9.59 Å². The number of para-hydroxylation sites is 2. The second kappa shape index (κ2) is 7.32. The Balaban J connectivity index is 1.58. The minimum absolute atomic E-state index is 0.0904. The number of carbonyl (C=O) groups is 1. The molecule has 4 rings (SSSR count). The molecule has 0 radical (unpaired) electrons. The van der Waals surface area contributed by atoms with Crippen LogP contribution in [0.1, 0.15) is 21.8 Å². The van der Waals surface area contributed by atoms with Gasteiger partial charge >= 0.3 is 5.97 Å². The first kappa shape index (κ1) is 18.0. The highest BCUT2D eigenvalue weighted by Crippen LogP contribution is 2.24. The SMILES string of the molecule is Cc1nn(-c2ccccc2)c(Cl)c1COC(=O)c1cc(=O)c2ccccc2o1. The molecule has 0 saturated heterocycles. The molecule has 0 bridgehead atoms. The number of benzene rings is 2. The second-order valence-electron chi connectivity index (χ2n) is 6.15. The molecule has 0 saturated carbocycles. The van der Waals surface area contributed by atoms with Gasteiger partial charge in [-0.3, -0.25) is 4.79 Å². The van der Waals surface area contributed by atoms with Gasteiger partial charge in [0.05, 0.1) is 16.8 Å². The van der Waals surface area contributed by atoms with Crippen LogP contribution in [-0.2, 0) is 11.3 Å². The summed E-state index contributed by atoms with van der Waals surface area (Å²) in [6.45, 7) is 1.69. The van der Waals surface area contributed by atoms with Crippen molar-refractivity contribution in [3.05, 3.63) is 93.1 Å². The molecule has 0 N–H and O–H groups in total. The van der Waals surface area contributed by atoms with Crippen LogP contribution < -0.4 is 5.43 Å². The maximum absolute atomic E-state index is 12.4. The number of esters is 1. The van der Waals surface area contributed by atoms with Gasteiger partial charge in [-0.1, -0.05) is 41.9 Å². The number of hydrogen-bond acceptors (Lipinski definition) is 5. The maximum Gasteiger partial charge on any atom is 0.374 e. The van der Waals surface area contributed by atoms with Crippen molar-refractivity contribution in [2.24, 2.45) is 0 Å². The fraction of sp³-hybridized carbons (Fsp3) is 0.0952. The topological polar surface area (TPSA) is 74.3 Å². The van der Waals surface area contributed by atoms with Crippen LogP contribution >= 0.6 is 11.6 Å². The average molecular weight is 395 g/mol. The lowest BCUT2D eigenvalue weighted by Gasteiger charge is -2.06. The third kappa shape index (κ3) is 3.30. The Kier molecular flexibility index (Phi) is 4.71. The van der Waals surface area contributed by atoms with E-state index in [1.165, 1.54) is 0 Å². The zero-order valence-corrected chi connectivity index (χ0v) is 15.6. The number of aromatic nitrogens is 2. The first-order chi connectivity index (χ1) is 13.5. The van der Waals surface area contributed by atoms with Crippen LogP contribution in [-0.4, -0.2) is 15.7 Å². The van der Waals surface area contributed by atoms with E-state index < -0.39 is 5.97 Å². The highest BCUT2D eigenvalue weighted by molar-refractivity contribution is 6.30. The molecular weight excluding hydrogens is 380 g/mol. The van der Waals surface area contributed by atoms with E-state index in [4.69, 9.17) is 20.8 Å². The monoisotopic (exact) mass is 394 g/mol. The van der Waals surface area contributed by atoms with Crippen LogP contribution in [0.15, 0.2) is 69.9 Å². The van der Waals surface area contributed by atoms with Crippen molar-refractivity contribution >= 4 is 28.5 Å². The molecule has 2 heterocycles. The van der Waals surface area contributed by atoms with Crippen LogP contribution in [0.4, 0.5) is 0 Å². The van der Waals surface area contributed by atoms with Gasteiger partial charge in [0.2, 0.25) is 5.76 Å². The smallest absolute Gasteiger partial charge is 0.374 e. The molecule has 0 spiro atoms. The molecule has 140 valence electrons. The summed E-state index contributed by atoms with van der Waals surface area (Å²) in [5, 5.41) is 5.17. The van der Waals surface area contributed by atoms with Gasteiger partial charge in [0.1, 0.15) is 17.3 Å². The summed E-state index contributed by atoms with van der Waals surface area (Å²) in [6, 6.07) is 17.2. The van der Waals surface area contributed by atoms with Gasteiger partial charge in [-0.25, -0.2) is 9.48 Å². The summed E-state index contributed by atoms with van der Waals surface area (Å²) in [7, 11) is 0. The fourth-order valence-corrected chi connectivity index (χ4v) is 3.18. The van der Waals surface area contributed by atoms with Gasteiger partial charge in [-0.05, 0) is 31.2 Å². The van der Waals surface area contributed by atoms with Gasteiger partial charge in [-0.2, -0.15) is 5.10 Å². The fourth-order valence-electron chi connectivity index (χ4n) is 2.85.